The van der Waals surface area contributed by atoms with E-state index in [4.69, 9.17) is 0 Å². The van der Waals surface area contributed by atoms with Crippen molar-refractivity contribution in [3.05, 3.63) is 95.1 Å². The summed E-state index contributed by atoms with van der Waals surface area (Å²) in [5.41, 5.74) is 6.80. The number of hydrogen-bond acceptors (Lipinski definition) is 0. The van der Waals surface area contributed by atoms with Crippen molar-refractivity contribution in [3.8, 4) is 0 Å². The van der Waals surface area contributed by atoms with E-state index < -0.39 is 15.1 Å². The molecule has 0 spiro atoms. The standard InChI is InChI=1S/C26H30P.F6P/c1-19-15-16-25-20(2)17-21(3)27(18-26(25)22(19)4,23-11-7-5-8-12-23)24-13-9-6-10-14-24;1-7(2,3,4,5)6/h5-16,20-21H,17-18H2,1-4H3;/q+1;-1. The summed E-state index contributed by atoms with van der Waals surface area (Å²) in [6.45, 7) is 9.54. The Hall–Kier alpha value is -1.90. The van der Waals surface area contributed by atoms with Crippen molar-refractivity contribution in [2.45, 2.75) is 51.9 Å². The van der Waals surface area contributed by atoms with E-state index in [2.05, 4.69) is 100 Å². The minimum absolute atomic E-state index is 0.614. The molecule has 0 aromatic heterocycles. The second-order valence-electron chi connectivity index (χ2n) is 9.22. The van der Waals surface area contributed by atoms with Crippen LogP contribution >= 0.6 is 15.1 Å². The van der Waals surface area contributed by atoms with Gasteiger partial charge in [-0.2, -0.15) is 0 Å². The predicted molar refractivity (Wildman–Crippen MR) is 135 cm³/mol. The molecule has 0 bridgehead atoms. The van der Waals surface area contributed by atoms with E-state index in [0.29, 0.717) is 11.6 Å². The molecule has 0 amide bonds. The van der Waals surface area contributed by atoms with Crippen molar-refractivity contribution in [2.75, 3.05) is 0 Å². The van der Waals surface area contributed by atoms with Crippen LogP contribution in [0.5, 0.6) is 0 Å². The molecule has 1 aliphatic rings. The molecule has 0 saturated carbocycles. The molecular weight excluding hydrogens is 488 g/mol. The molecule has 2 atom stereocenters. The van der Waals surface area contributed by atoms with E-state index in [1.807, 2.05) is 0 Å². The van der Waals surface area contributed by atoms with Crippen molar-refractivity contribution in [3.63, 3.8) is 0 Å². The molecule has 0 saturated heterocycles. The van der Waals surface area contributed by atoms with Gasteiger partial charge in [-0.3, -0.25) is 0 Å². The van der Waals surface area contributed by atoms with Crippen LogP contribution in [0, 0.1) is 13.8 Å². The van der Waals surface area contributed by atoms with E-state index >= 15 is 0 Å². The van der Waals surface area contributed by atoms with Gasteiger partial charge in [0.25, 0.3) is 0 Å². The van der Waals surface area contributed by atoms with Gasteiger partial charge >= 0.3 is 33.0 Å². The van der Waals surface area contributed by atoms with Gasteiger partial charge in [-0.1, -0.05) is 55.5 Å². The summed E-state index contributed by atoms with van der Waals surface area (Å²) in [5, 5.41) is 3.12. The number of benzene rings is 3. The molecule has 3 aromatic carbocycles. The molecule has 2 unspecified atom stereocenters. The van der Waals surface area contributed by atoms with Crippen LogP contribution in [0.4, 0.5) is 25.2 Å². The van der Waals surface area contributed by atoms with Crippen LogP contribution in [0.15, 0.2) is 72.8 Å². The Morgan fingerprint density at radius 1 is 0.706 bits per heavy atom. The van der Waals surface area contributed by atoms with E-state index in [0.717, 1.165) is 0 Å². The molecule has 1 aliphatic heterocycles. The maximum atomic E-state index is 9.87. The molecule has 0 N–H and O–H groups in total. The zero-order valence-electron chi connectivity index (χ0n) is 19.7. The van der Waals surface area contributed by atoms with Crippen LogP contribution < -0.4 is 10.6 Å². The van der Waals surface area contributed by atoms with Crippen molar-refractivity contribution in [1.29, 1.82) is 0 Å². The van der Waals surface area contributed by atoms with Gasteiger partial charge in [0.15, 0.2) is 0 Å². The van der Waals surface area contributed by atoms with Crippen LogP contribution in [0.3, 0.4) is 0 Å². The predicted octanol–water partition coefficient (Wildman–Crippen LogP) is 9.75. The van der Waals surface area contributed by atoms with Gasteiger partial charge in [0.2, 0.25) is 0 Å². The molecule has 34 heavy (non-hydrogen) atoms. The third-order valence-corrected chi connectivity index (χ3v) is 11.7. The van der Waals surface area contributed by atoms with Gasteiger partial charge in [-0.25, -0.2) is 0 Å². The monoisotopic (exact) mass is 518 g/mol. The first kappa shape index (κ1) is 26.7. The number of rotatable bonds is 2. The summed E-state index contributed by atoms with van der Waals surface area (Å²) in [4.78, 5) is 0. The fourth-order valence-corrected chi connectivity index (χ4v) is 10.0. The first-order chi connectivity index (χ1) is 15.5. The molecule has 0 nitrogen and oxygen atoms in total. The van der Waals surface area contributed by atoms with Crippen LogP contribution in [-0.4, -0.2) is 5.66 Å². The van der Waals surface area contributed by atoms with Crippen LogP contribution in [0.25, 0.3) is 0 Å². The Labute approximate surface area is 198 Å². The molecule has 3 aromatic rings. The number of aryl methyl sites for hydroxylation is 1. The van der Waals surface area contributed by atoms with Gasteiger partial charge in [-0.05, 0) is 79.6 Å². The van der Waals surface area contributed by atoms with Crippen LogP contribution in [-0.2, 0) is 6.16 Å². The molecule has 0 fully saturated rings. The second kappa shape index (κ2) is 8.64. The summed E-state index contributed by atoms with van der Waals surface area (Å²) in [6.07, 6.45) is 2.45. The summed E-state index contributed by atoms with van der Waals surface area (Å²) >= 11 is 0. The summed E-state index contributed by atoms with van der Waals surface area (Å²) < 4.78 is 59.2. The Balaban J connectivity index is 0.000000406. The second-order valence-corrected chi connectivity index (χ2v) is 15.1. The Kier molecular flexibility index (Phi) is 6.79. The van der Waals surface area contributed by atoms with E-state index in [1.54, 1.807) is 21.7 Å². The van der Waals surface area contributed by atoms with Crippen molar-refractivity contribution in [2.24, 2.45) is 0 Å². The molecule has 8 heteroatoms. The Morgan fingerprint density at radius 2 is 1.15 bits per heavy atom. The Bertz CT molecular complexity index is 1090. The number of halogens is 6. The zero-order valence-corrected chi connectivity index (χ0v) is 21.4. The van der Waals surface area contributed by atoms with Gasteiger partial charge in [0.05, 0.1) is 29.7 Å². The van der Waals surface area contributed by atoms with E-state index in [-0.39, 0.29) is 0 Å². The number of hydrogen-bond donors (Lipinski definition) is 0. The quantitative estimate of drug-likeness (QED) is 0.234. The molecular formula is C26H30F6P2. The first-order valence-corrected chi connectivity index (χ1v) is 15.2. The van der Waals surface area contributed by atoms with Crippen LogP contribution in [0.1, 0.15) is 48.4 Å². The summed E-state index contributed by atoms with van der Waals surface area (Å²) in [6, 6.07) is 27.5. The zero-order chi connectivity index (χ0) is 25.4. The SMILES string of the molecule is Cc1ccc2c(c1C)C[P+](c1ccccc1)(c1ccccc1)C(C)CC2C.F[P-](F)(F)(F)(F)F. The maximum absolute atomic E-state index is 10.7. The van der Waals surface area contributed by atoms with E-state index in [9.17, 15) is 25.2 Å². The van der Waals surface area contributed by atoms with Crippen LogP contribution in [0.2, 0.25) is 0 Å². The summed E-state index contributed by atoms with van der Waals surface area (Å²) in [5.74, 6) is 0.614. The fraction of sp³-hybridized carbons (Fsp3) is 0.308. The first-order valence-electron chi connectivity index (χ1n) is 11.1. The van der Waals surface area contributed by atoms with E-state index in [1.165, 1.54) is 23.7 Å². The summed E-state index contributed by atoms with van der Waals surface area (Å²) in [7, 11) is -12.2. The molecule has 4 rings (SSSR count). The average molecular weight is 518 g/mol. The average Bonchev–Trinajstić information content (AvgIpc) is 2.84. The van der Waals surface area contributed by atoms with Crippen molar-refractivity contribution in [1.82, 2.24) is 0 Å². The van der Waals surface area contributed by atoms with Gasteiger partial charge in [-0.15, -0.1) is 0 Å². The third-order valence-electron chi connectivity index (χ3n) is 6.72. The molecule has 1 heterocycles. The molecule has 0 radical (unpaired) electrons. The van der Waals surface area contributed by atoms with Gasteiger partial charge < -0.3 is 0 Å². The Morgan fingerprint density at radius 3 is 1.59 bits per heavy atom. The molecule has 186 valence electrons. The fourth-order valence-electron chi connectivity index (χ4n) is 5.02. The number of fused-ring (bicyclic) bond motifs is 1. The molecule has 0 aliphatic carbocycles. The van der Waals surface area contributed by atoms with Crippen molar-refractivity contribution >= 4 is 25.7 Å². The van der Waals surface area contributed by atoms with Gasteiger partial charge in [0.1, 0.15) is 0 Å². The minimum atomic E-state index is -10.7. The topological polar surface area (TPSA) is 0 Å². The normalized spacial score (nSPS) is 21.7. The third kappa shape index (κ3) is 6.61. The van der Waals surface area contributed by atoms with Crippen molar-refractivity contribution < 1.29 is 25.2 Å². The van der Waals surface area contributed by atoms with Gasteiger partial charge in [0, 0.05) is 0 Å².